The number of pyridine rings is 1. The normalized spacial score (nSPS) is 12.2. The highest BCUT2D eigenvalue weighted by Crippen LogP contribution is 2.35. The van der Waals surface area contributed by atoms with Gasteiger partial charge in [-0.3, -0.25) is 0 Å². The van der Waals surface area contributed by atoms with Crippen molar-refractivity contribution in [3.63, 3.8) is 0 Å². The summed E-state index contributed by atoms with van der Waals surface area (Å²) in [4.78, 5) is 2.67. The molecule has 0 aromatic carbocycles. The van der Waals surface area contributed by atoms with Crippen LogP contribution in [0.1, 0.15) is 17.6 Å². The Morgan fingerprint density at radius 2 is 1.79 bits per heavy atom. The molecule has 0 saturated heterocycles. The molecule has 0 fully saturated rings. The van der Waals surface area contributed by atoms with E-state index in [9.17, 15) is 26.3 Å². The zero-order valence-electron chi connectivity index (χ0n) is 6.45. The number of nitrogens with zero attached hydrogens (tertiary/aromatic N) is 1. The van der Waals surface area contributed by atoms with Crippen LogP contribution in [-0.4, -0.2) is 4.98 Å². The Bertz CT molecular complexity index is 331. The van der Waals surface area contributed by atoms with Crippen molar-refractivity contribution in [2.75, 3.05) is 0 Å². The van der Waals surface area contributed by atoms with Crippen LogP contribution in [0.5, 0.6) is 0 Å². The molecular formula is C7H3F6N. The van der Waals surface area contributed by atoms with Crippen LogP contribution in [0.15, 0.2) is 12.3 Å². The second kappa shape index (κ2) is 3.47. The molecule has 0 unspecified atom stereocenters. The third kappa shape index (κ3) is 2.15. The van der Waals surface area contributed by atoms with Crippen LogP contribution in [-0.2, 0) is 6.18 Å². The second-order valence-corrected chi connectivity index (χ2v) is 2.39. The average molecular weight is 215 g/mol. The Morgan fingerprint density at radius 3 is 2.21 bits per heavy atom. The molecule has 0 aliphatic rings. The fraction of sp³-hybridized carbons (Fsp3) is 0.286. The van der Waals surface area contributed by atoms with Crippen LogP contribution >= 0.6 is 0 Å². The van der Waals surface area contributed by atoms with E-state index in [0.717, 1.165) is 0 Å². The standard InChI is InChI=1S/C7H3F6N/c8-5-1-3(6(9)10)4(2-14-5)7(11,12)13/h1-2,6H. The molecule has 1 nitrogen and oxygen atoms in total. The Hall–Kier alpha value is -1.27. The predicted molar refractivity (Wildman–Crippen MR) is 34.2 cm³/mol. The fourth-order valence-corrected chi connectivity index (χ4v) is 0.861. The lowest BCUT2D eigenvalue weighted by Gasteiger charge is -2.10. The summed E-state index contributed by atoms with van der Waals surface area (Å²) in [6.07, 6.45) is -8.28. The van der Waals surface area contributed by atoms with Crippen molar-refractivity contribution in [1.82, 2.24) is 4.98 Å². The minimum atomic E-state index is -4.95. The minimum absolute atomic E-state index is 0.0524. The fourth-order valence-electron chi connectivity index (χ4n) is 0.861. The number of hydrogen-bond donors (Lipinski definition) is 0. The van der Waals surface area contributed by atoms with Crippen molar-refractivity contribution in [2.45, 2.75) is 12.6 Å². The molecule has 0 N–H and O–H groups in total. The van der Waals surface area contributed by atoms with Gasteiger partial charge in [-0.1, -0.05) is 0 Å². The molecule has 1 aromatic heterocycles. The quantitative estimate of drug-likeness (QED) is 0.517. The Labute approximate surface area is 74.4 Å². The molecule has 0 aliphatic heterocycles. The summed E-state index contributed by atoms with van der Waals surface area (Å²) in [5, 5.41) is 0. The van der Waals surface area contributed by atoms with Crippen molar-refractivity contribution in [3.8, 4) is 0 Å². The first-order valence-electron chi connectivity index (χ1n) is 3.33. The van der Waals surface area contributed by atoms with Crippen molar-refractivity contribution in [1.29, 1.82) is 0 Å². The van der Waals surface area contributed by atoms with Crippen molar-refractivity contribution in [3.05, 3.63) is 29.3 Å². The number of halogens is 6. The van der Waals surface area contributed by atoms with Gasteiger partial charge in [-0.2, -0.15) is 17.6 Å². The van der Waals surface area contributed by atoms with E-state index in [1.54, 1.807) is 0 Å². The molecule has 0 spiro atoms. The van der Waals surface area contributed by atoms with E-state index in [2.05, 4.69) is 4.98 Å². The molecule has 78 valence electrons. The number of alkyl halides is 5. The minimum Gasteiger partial charge on any atom is -0.228 e. The molecule has 1 heterocycles. The second-order valence-electron chi connectivity index (χ2n) is 2.39. The maximum absolute atomic E-state index is 12.3. The molecule has 0 atom stereocenters. The van der Waals surface area contributed by atoms with Crippen molar-refractivity contribution in [2.24, 2.45) is 0 Å². The van der Waals surface area contributed by atoms with Crippen LogP contribution in [0.3, 0.4) is 0 Å². The highest BCUT2D eigenvalue weighted by molar-refractivity contribution is 5.27. The summed E-state index contributed by atoms with van der Waals surface area (Å²) in [6, 6.07) is 0.0769. The summed E-state index contributed by atoms with van der Waals surface area (Å²) in [7, 11) is 0. The highest BCUT2D eigenvalue weighted by atomic mass is 19.4. The zero-order valence-corrected chi connectivity index (χ0v) is 6.45. The molecule has 0 bridgehead atoms. The van der Waals surface area contributed by atoms with Crippen LogP contribution < -0.4 is 0 Å². The molecule has 1 rings (SSSR count). The maximum atomic E-state index is 12.3. The lowest BCUT2D eigenvalue weighted by molar-refractivity contribution is -0.139. The molecule has 0 radical (unpaired) electrons. The topological polar surface area (TPSA) is 12.9 Å². The predicted octanol–water partition coefficient (Wildman–Crippen LogP) is 3.18. The van der Waals surface area contributed by atoms with Crippen LogP contribution in [0.2, 0.25) is 0 Å². The monoisotopic (exact) mass is 215 g/mol. The van der Waals surface area contributed by atoms with Gasteiger partial charge in [-0.15, -0.1) is 0 Å². The first-order valence-corrected chi connectivity index (χ1v) is 3.33. The smallest absolute Gasteiger partial charge is 0.228 e. The van der Waals surface area contributed by atoms with Gasteiger partial charge in [-0.05, 0) is 0 Å². The molecular weight excluding hydrogens is 212 g/mol. The molecule has 14 heavy (non-hydrogen) atoms. The molecule has 1 aromatic rings. The van der Waals surface area contributed by atoms with E-state index in [4.69, 9.17) is 0 Å². The van der Waals surface area contributed by atoms with Gasteiger partial charge in [0.1, 0.15) is 0 Å². The maximum Gasteiger partial charge on any atom is 0.418 e. The largest absolute Gasteiger partial charge is 0.418 e. The molecule has 0 amide bonds. The number of aromatic nitrogens is 1. The Morgan fingerprint density at radius 1 is 1.21 bits per heavy atom. The average Bonchev–Trinajstić information content (AvgIpc) is 2.01. The van der Waals surface area contributed by atoms with Crippen LogP contribution in [0.25, 0.3) is 0 Å². The van der Waals surface area contributed by atoms with E-state index in [-0.39, 0.29) is 12.3 Å². The van der Waals surface area contributed by atoms with Crippen LogP contribution in [0, 0.1) is 5.95 Å². The van der Waals surface area contributed by atoms with Gasteiger partial charge in [-0.25, -0.2) is 13.8 Å². The lowest BCUT2D eigenvalue weighted by Crippen LogP contribution is -2.10. The van der Waals surface area contributed by atoms with Gasteiger partial charge in [0.25, 0.3) is 6.43 Å². The van der Waals surface area contributed by atoms with E-state index in [1.807, 2.05) is 0 Å². The summed E-state index contributed by atoms with van der Waals surface area (Å²) in [5.41, 5.74) is -3.01. The van der Waals surface area contributed by atoms with Gasteiger partial charge < -0.3 is 0 Å². The molecule has 0 saturated carbocycles. The van der Waals surface area contributed by atoms with E-state index in [1.165, 1.54) is 0 Å². The highest BCUT2D eigenvalue weighted by Gasteiger charge is 2.36. The summed E-state index contributed by atoms with van der Waals surface area (Å²) >= 11 is 0. The van der Waals surface area contributed by atoms with Crippen LogP contribution in [0.4, 0.5) is 26.3 Å². The van der Waals surface area contributed by atoms with E-state index in [0.29, 0.717) is 0 Å². The molecule has 0 aliphatic carbocycles. The van der Waals surface area contributed by atoms with Crippen molar-refractivity contribution < 1.29 is 26.3 Å². The Kier molecular flexibility index (Phi) is 2.68. The summed E-state index contributed by atoms with van der Waals surface area (Å²) in [6.45, 7) is 0. The number of rotatable bonds is 1. The lowest BCUT2D eigenvalue weighted by atomic mass is 10.1. The Balaban J connectivity index is 3.29. The van der Waals surface area contributed by atoms with E-state index >= 15 is 0 Å². The van der Waals surface area contributed by atoms with Gasteiger partial charge in [0.2, 0.25) is 5.95 Å². The SMILES string of the molecule is Fc1cc(C(F)F)c(C(F)(F)F)cn1. The first-order chi connectivity index (χ1) is 6.32. The zero-order chi connectivity index (χ0) is 10.9. The summed E-state index contributed by atoms with van der Waals surface area (Å²) in [5.74, 6) is -1.37. The third-order valence-electron chi connectivity index (χ3n) is 1.44. The van der Waals surface area contributed by atoms with Gasteiger partial charge >= 0.3 is 6.18 Å². The van der Waals surface area contributed by atoms with E-state index < -0.39 is 29.7 Å². The van der Waals surface area contributed by atoms with Crippen molar-refractivity contribution >= 4 is 0 Å². The first kappa shape index (κ1) is 10.8. The number of hydrogen-bond acceptors (Lipinski definition) is 1. The van der Waals surface area contributed by atoms with Gasteiger partial charge in [0.15, 0.2) is 0 Å². The summed E-state index contributed by atoms with van der Waals surface area (Å²) < 4.78 is 72.5. The van der Waals surface area contributed by atoms with Gasteiger partial charge in [0.05, 0.1) is 5.56 Å². The molecule has 7 heteroatoms. The third-order valence-corrected chi connectivity index (χ3v) is 1.44. The van der Waals surface area contributed by atoms with Gasteiger partial charge in [0, 0.05) is 17.8 Å².